The first-order valence-electron chi connectivity index (χ1n) is 8.89. The standard InChI is InChI=1S/C18H26N6O/c1-4-24-12-16(10-21-24)11-22-6-5-7-23(9-8-22)18(25)17-14(2)19-13-20-15(17)3/h10,12-13H,4-9,11H2,1-3H3. The summed E-state index contributed by atoms with van der Waals surface area (Å²) >= 11 is 0. The Kier molecular flexibility index (Phi) is 5.43. The van der Waals surface area contributed by atoms with Crippen LogP contribution in [0, 0.1) is 13.8 Å². The summed E-state index contributed by atoms with van der Waals surface area (Å²) in [7, 11) is 0. The predicted molar refractivity (Wildman–Crippen MR) is 95.2 cm³/mol. The summed E-state index contributed by atoms with van der Waals surface area (Å²) in [6, 6.07) is 0. The fraction of sp³-hybridized carbons (Fsp3) is 0.556. The van der Waals surface area contributed by atoms with E-state index in [2.05, 4.69) is 33.1 Å². The Bertz CT molecular complexity index is 721. The van der Waals surface area contributed by atoms with E-state index in [-0.39, 0.29) is 5.91 Å². The van der Waals surface area contributed by atoms with Crippen molar-refractivity contribution in [2.75, 3.05) is 26.2 Å². The van der Waals surface area contributed by atoms with Crippen molar-refractivity contribution in [3.63, 3.8) is 0 Å². The van der Waals surface area contributed by atoms with Crippen LogP contribution < -0.4 is 0 Å². The number of carbonyl (C=O) groups is 1. The second kappa shape index (κ2) is 7.74. The molecule has 134 valence electrons. The normalized spacial score (nSPS) is 16.0. The minimum atomic E-state index is 0.0521. The van der Waals surface area contributed by atoms with Gasteiger partial charge in [-0.3, -0.25) is 14.4 Å². The van der Waals surface area contributed by atoms with Crippen molar-refractivity contribution in [2.45, 2.75) is 40.3 Å². The van der Waals surface area contributed by atoms with Gasteiger partial charge in [0.25, 0.3) is 5.91 Å². The van der Waals surface area contributed by atoms with Crippen molar-refractivity contribution in [3.05, 3.63) is 41.2 Å². The van der Waals surface area contributed by atoms with Gasteiger partial charge in [0.15, 0.2) is 0 Å². The largest absolute Gasteiger partial charge is 0.337 e. The maximum Gasteiger partial charge on any atom is 0.257 e. The second-order valence-electron chi connectivity index (χ2n) is 6.55. The average Bonchev–Trinajstić information content (AvgIpc) is 2.91. The molecule has 1 aliphatic heterocycles. The number of carbonyl (C=O) groups excluding carboxylic acids is 1. The van der Waals surface area contributed by atoms with Crippen molar-refractivity contribution in [1.82, 2.24) is 29.5 Å². The van der Waals surface area contributed by atoms with E-state index in [0.29, 0.717) is 5.56 Å². The maximum atomic E-state index is 12.9. The molecule has 0 atom stereocenters. The molecule has 1 aliphatic rings. The van der Waals surface area contributed by atoms with E-state index >= 15 is 0 Å². The number of rotatable bonds is 4. The van der Waals surface area contributed by atoms with Crippen molar-refractivity contribution in [3.8, 4) is 0 Å². The van der Waals surface area contributed by atoms with Crippen LogP contribution >= 0.6 is 0 Å². The first-order valence-corrected chi connectivity index (χ1v) is 8.89. The highest BCUT2D eigenvalue weighted by molar-refractivity contribution is 5.96. The van der Waals surface area contributed by atoms with Crippen LogP contribution in [0.5, 0.6) is 0 Å². The molecule has 0 saturated carbocycles. The quantitative estimate of drug-likeness (QED) is 0.845. The van der Waals surface area contributed by atoms with E-state index in [9.17, 15) is 4.79 Å². The number of hydrogen-bond acceptors (Lipinski definition) is 5. The summed E-state index contributed by atoms with van der Waals surface area (Å²) in [6.07, 6.45) is 6.52. The highest BCUT2D eigenvalue weighted by Gasteiger charge is 2.23. The molecule has 2 aromatic heterocycles. The molecule has 0 radical (unpaired) electrons. The number of aromatic nitrogens is 4. The summed E-state index contributed by atoms with van der Waals surface area (Å²) in [4.78, 5) is 25.6. The molecule has 0 bridgehead atoms. The first-order chi connectivity index (χ1) is 12.1. The van der Waals surface area contributed by atoms with Crippen molar-refractivity contribution >= 4 is 5.91 Å². The third-order valence-electron chi connectivity index (χ3n) is 4.73. The number of amides is 1. The molecule has 25 heavy (non-hydrogen) atoms. The lowest BCUT2D eigenvalue weighted by molar-refractivity contribution is 0.0758. The topological polar surface area (TPSA) is 67.2 Å². The lowest BCUT2D eigenvalue weighted by Crippen LogP contribution is -2.36. The molecule has 0 spiro atoms. The van der Waals surface area contributed by atoms with Gasteiger partial charge in [-0.25, -0.2) is 9.97 Å². The molecular formula is C18H26N6O. The summed E-state index contributed by atoms with van der Waals surface area (Å²) in [5.41, 5.74) is 3.39. The van der Waals surface area contributed by atoms with Crippen molar-refractivity contribution in [2.24, 2.45) is 0 Å². The van der Waals surface area contributed by atoms with Gasteiger partial charge in [0, 0.05) is 51.0 Å². The van der Waals surface area contributed by atoms with Crippen LogP contribution in [-0.4, -0.2) is 61.6 Å². The Balaban J connectivity index is 1.64. The number of hydrogen-bond donors (Lipinski definition) is 0. The van der Waals surface area contributed by atoms with Gasteiger partial charge in [-0.2, -0.15) is 5.10 Å². The molecule has 1 amide bonds. The Morgan fingerprint density at radius 2 is 1.88 bits per heavy atom. The molecule has 0 aromatic carbocycles. The van der Waals surface area contributed by atoms with Gasteiger partial charge in [0.1, 0.15) is 6.33 Å². The first kappa shape index (κ1) is 17.5. The van der Waals surface area contributed by atoms with Gasteiger partial charge < -0.3 is 4.90 Å². The van der Waals surface area contributed by atoms with E-state index in [4.69, 9.17) is 0 Å². The highest BCUT2D eigenvalue weighted by atomic mass is 16.2. The molecular weight excluding hydrogens is 316 g/mol. The Labute approximate surface area is 148 Å². The zero-order valence-corrected chi connectivity index (χ0v) is 15.3. The maximum absolute atomic E-state index is 12.9. The molecule has 0 unspecified atom stereocenters. The van der Waals surface area contributed by atoms with Crippen LogP contribution in [0.2, 0.25) is 0 Å². The zero-order valence-electron chi connectivity index (χ0n) is 15.3. The SMILES string of the molecule is CCn1cc(CN2CCCN(C(=O)c3c(C)ncnc3C)CC2)cn1. The van der Waals surface area contributed by atoms with Gasteiger partial charge in [0.05, 0.1) is 23.1 Å². The monoisotopic (exact) mass is 342 g/mol. The van der Waals surface area contributed by atoms with Crippen LogP contribution in [0.1, 0.15) is 40.7 Å². The number of nitrogens with zero attached hydrogens (tertiary/aromatic N) is 6. The fourth-order valence-corrected chi connectivity index (χ4v) is 3.31. The van der Waals surface area contributed by atoms with Crippen molar-refractivity contribution in [1.29, 1.82) is 0 Å². The smallest absolute Gasteiger partial charge is 0.257 e. The molecule has 3 heterocycles. The van der Waals surface area contributed by atoms with Gasteiger partial charge in [0.2, 0.25) is 0 Å². The lowest BCUT2D eigenvalue weighted by atomic mass is 10.1. The van der Waals surface area contributed by atoms with E-state index in [0.717, 1.165) is 57.1 Å². The molecule has 1 saturated heterocycles. The average molecular weight is 342 g/mol. The molecule has 1 fully saturated rings. The summed E-state index contributed by atoms with van der Waals surface area (Å²) < 4.78 is 1.95. The summed E-state index contributed by atoms with van der Waals surface area (Å²) in [5.74, 6) is 0.0521. The van der Waals surface area contributed by atoms with E-state index in [1.807, 2.05) is 29.6 Å². The summed E-state index contributed by atoms with van der Waals surface area (Å²) in [6.45, 7) is 11.0. The third kappa shape index (κ3) is 4.04. The Hall–Kier alpha value is -2.28. The molecule has 0 N–H and O–H groups in total. The van der Waals surface area contributed by atoms with Crippen LogP contribution in [0.25, 0.3) is 0 Å². The van der Waals surface area contributed by atoms with Gasteiger partial charge in [-0.05, 0) is 27.2 Å². The third-order valence-corrected chi connectivity index (χ3v) is 4.73. The van der Waals surface area contributed by atoms with Crippen LogP contribution in [-0.2, 0) is 13.1 Å². The Morgan fingerprint density at radius 1 is 1.12 bits per heavy atom. The van der Waals surface area contributed by atoms with E-state index in [1.165, 1.54) is 11.9 Å². The lowest BCUT2D eigenvalue weighted by Gasteiger charge is -2.22. The van der Waals surface area contributed by atoms with Gasteiger partial charge >= 0.3 is 0 Å². The zero-order chi connectivity index (χ0) is 17.8. The molecule has 0 aliphatic carbocycles. The number of aryl methyl sites for hydroxylation is 3. The minimum absolute atomic E-state index is 0.0521. The van der Waals surface area contributed by atoms with Crippen molar-refractivity contribution < 1.29 is 4.79 Å². The molecule has 7 nitrogen and oxygen atoms in total. The highest BCUT2D eigenvalue weighted by Crippen LogP contribution is 2.15. The van der Waals surface area contributed by atoms with Crippen LogP contribution in [0.4, 0.5) is 0 Å². The fourth-order valence-electron chi connectivity index (χ4n) is 3.31. The second-order valence-corrected chi connectivity index (χ2v) is 6.55. The molecule has 2 aromatic rings. The van der Waals surface area contributed by atoms with Gasteiger partial charge in [-0.15, -0.1) is 0 Å². The molecule has 7 heteroatoms. The van der Waals surface area contributed by atoms with Crippen LogP contribution in [0.3, 0.4) is 0 Å². The van der Waals surface area contributed by atoms with E-state index < -0.39 is 0 Å². The van der Waals surface area contributed by atoms with Crippen LogP contribution in [0.15, 0.2) is 18.7 Å². The predicted octanol–water partition coefficient (Wildman–Crippen LogP) is 1.66. The van der Waals surface area contributed by atoms with E-state index in [1.54, 1.807) is 0 Å². The van der Waals surface area contributed by atoms with Gasteiger partial charge in [-0.1, -0.05) is 0 Å². The minimum Gasteiger partial charge on any atom is -0.337 e. The Morgan fingerprint density at radius 3 is 2.56 bits per heavy atom. The summed E-state index contributed by atoms with van der Waals surface area (Å²) in [5, 5.41) is 4.34. The molecule has 3 rings (SSSR count).